The number of hydrogen-bond acceptors (Lipinski definition) is 7. The summed E-state index contributed by atoms with van der Waals surface area (Å²) in [5.74, 6) is 0.348. The van der Waals surface area contributed by atoms with E-state index in [1.165, 1.54) is 0 Å². The number of ether oxygens (including phenoxy) is 4. The number of benzene rings is 3. The Kier molecular flexibility index (Phi) is 8.38. The predicted octanol–water partition coefficient (Wildman–Crippen LogP) is 5.70. The molecule has 0 bridgehead atoms. The zero-order chi connectivity index (χ0) is 23.6. The lowest BCUT2D eigenvalue weighted by atomic mass is 9.99. The first-order valence-electron chi connectivity index (χ1n) is 11.4. The van der Waals surface area contributed by atoms with Gasteiger partial charge in [0.05, 0.1) is 25.4 Å². The fourth-order valence-electron chi connectivity index (χ4n) is 3.73. The normalized spacial score (nSPS) is 14.5. The predicted molar refractivity (Wildman–Crippen MR) is 126 cm³/mol. The Hall–Kier alpha value is -3.55. The Morgan fingerprint density at radius 1 is 0.971 bits per heavy atom. The van der Waals surface area contributed by atoms with E-state index in [0.29, 0.717) is 50.6 Å². The van der Waals surface area contributed by atoms with E-state index >= 15 is 0 Å². The Labute approximate surface area is 199 Å². The highest BCUT2D eigenvalue weighted by atomic mass is 16.7. The van der Waals surface area contributed by atoms with Crippen molar-refractivity contribution in [1.29, 1.82) is 5.53 Å². The molecule has 176 valence electrons. The highest BCUT2D eigenvalue weighted by Gasteiger charge is 2.16. The van der Waals surface area contributed by atoms with Gasteiger partial charge in [0.25, 0.3) is 0 Å². The summed E-state index contributed by atoms with van der Waals surface area (Å²) in [6.07, 6.45) is 1.23. The van der Waals surface area contributed by atoms with Gasteiger partial charge in [-0.15, -0.1) is 0 Å². The minimum Gasteiger partial charge on any atom is -0.489 e. The van der Waals surface area contributed by atoms with Gasteiger partial charge in [0.15, 0.2) is 6.29 Å². The molecule has 1 unspecified atom stereocenters. The Morgan fingerprint density at radius 3 is 2.44 bits per heavy atom. The van der Waals surface area contributed by atoms with Crippen LogP contribution in [0, 0.1) is 5.53 Å². The lowest BCUT2D eigenvalue weighted by molar-refractivity contribution is -0.0505. The van der Waals surface area contributed by atoms with Crippen molar-refractivity contribution in [2.24, 2.45) is 5.11 Å². The second-order valence-corrected chi connectivity index (χ2v) is 7.95. The van der Waals surface area contributed by atoms with Crippen molar-refractivity contribution >= 4 is 5.97 Å². The second-order valence-electron chi connectivity index (χ2n) is 7.95. The van der Waals surface area contributed by atoms with E-state index in [1.54, 1.807) is 12.1 Å². The average Bonchev–Trinajstić information content (AvgIpc) is 3.41. The summed E-state index contributed by atoms with van der Waals surface area (Å²) in [6, 6.07) is 24.2. The molecule has 3 aromatic rings. The van der Waals surface area contributed by atoms with Crippen molar-refractivity contribution in [2.75, 3.05) is 19.8 Å². The Morgan fingerprint density at radius 2 is 1.71 bits per heavy atom. The van der Waals surface area contributed by atoms with Crippen molar-refractivity contribution in [3.63, 3.8) is 0 Å². The quantitative estimate of drug-likeness (QED) is 0.225. The van der Waals surface area contributed by atoms with Gasteiger partial charge in [0.2, 0.25) is 0 Å². The van der Waals surface area contributed by atoms with Crippen LogP contribution in [0.15, 0.2) is 84.0 Å². The van der Waals surface area contributed by atoms with Crippen LogP contribution in [-0.4, -0.2) is 32.1 Å². The van der Waals surface area contributed by atoms with Gasteiger partial charge in [0.1, 0.15) is 18.4 Å². The molecule has 0 aromatic heterocycles. The largest absolute Gasteiger partial charge is 0.489 e. The summed E-state index contributed by atoms with van der Waals surface area (Å²) in [7, 11) is 0. The van der Waals surface area contributed by atoms with E-state index in [-0.39, 0.29) is 18.3 Å². The standard InChI is InChI=1S/C27H28N2O5/c28-29-26(21-6-2-1-3-7-21)23-8-4-9-24(18-23)34-19-20-11-13-22(14-12-20)27(30)33-15-5-10-25-31-16-17-32-25/h1-4,6-9,11-14,18,25-26,28H,5,10,15-17,19H2. The number of nitrogens with one attached hydrogen (secondary N) is 1. The summed E-state index contributed by atoms with van der Waals surface area (Å²) in [6.45, 7) is 1.94. The minimum absolute atomic E-state index is 0.177. The van der Waals surface area contributed by atoms with E-state index in [9.17, 15) is 4.79 Å². The molecule has 7 nitrogen and oxygen atoms in total. The van der Waals surface area contributed by atoms with Crippen molar-refractivity contribution in [3.05, 3.63) is 101 Å². The van der Waals surface area contributed by atoms with Crippen LogP contribution in [0.2, 0.25) is 0 Å². The molecule has 1 N–H and O–H groups in total. The van der Waals surface area contributed by atoms with Gasteiger partial charge in [-0.05, 0) is 47.4 Å². The average molecular weight is 461 g/mol. The molecule has 0 saturated carbocycles. The molecule has 3 aromatic carbocycles. The van der Waals surface area contributed by atoms with Gasteiger partial charge in [-0.1, -0.05) is 54.6 Å². The first-order chi connectivity index (χ1) is 16.7. The molecule has 1 atom stereocenters. The van der Waals surface area contributed by atoms with Crippen LogP contribution in [0.5, 0.6) is 5.75 Å². The van der Waals surface area contributed by atoms with Gasteiger partial charge in [-0.25, -0.2) is 10.3 Å². The van der Waals surface area contributed by atoms with Crippen LogP contribution in [0.3, 0.4) is 0 Å². The molecule has 0 amide bonds. The van der Waals surface area contributed by atoms with Crippen LogP contribution in [0.1, 0.15) is 45.9 Å². The molecule has 34 heavy (non-hydrogen) atoms. The lowest BCUT2D eigenvalue weighted by Gasteiger charge is -2.13. The lowest BCUT2D eigenvalue weighted by Crippen LogP contribution is -2.11. The first-order valence-corrected chi connectivity index (χ1v) is 11.4. The number of nitrogens with zero attached hydrogens (tertiary/aromatic N) is 1. The zero-order valence-corrected chi connectivity index (χ0v) is 18.9. The number of esters is 1. The van der Waals surface area contributed by atoms with Gasteiger partial charge in [-0.3, -0.25) is 0 Å². The van der Waals surface area contributed by atoms with Crippen molar-refractivity contribution in [1.82, 2.24) is 0 Å². The summed E-state index contributed by atoms with van der Waals surface area (Å²) in [5.41, 5.74) is 10.9. The summed E-state index contributed by atoms with van der Waals surface area (Å²) in [5, 5.41) is 3.80. The molecule has 1 heterocycles. The SMILES string of the molecule is N=NC(c1ccccc1)c1cccc(OCc2ccc(C(=O)OCCCC3OCCO3)cc2)c1. The smallest absolute Gasteiger partial charge is 0.338 e. The maximum Gasteiger partial charge on any atom is 0.338 e. The van der Waals surface area contributed by atoms with Crippen molar-refractivity contribution < 1.29 is 23.7 Å². The molecule has 0 aliphatic carbocycles. The Balaban J connectivity index is 1.27. The summed E-state index contributed by atoms with van der Waals surface area (Å²) < 4.78 is 22.0. The third kappa shape index (κ3) is 6.50. The molecule has 1 fully saturated rings. The van der Waals surface area contributed by atoms with E-state index in [2.05, 4.69) is 5.11 Å². The van der Waals surface area contributed by atoms with E-state index in [0.717, 1.165) is 16.7 Å². The van der Waals surface area contributed by atoms with Crippen LogP contribution in [-0.2, 0) is 20.8 Å². The van der Waals surface area contributed by atoms with E-state index in [1.807, 2.05) is 66.7 Å². The molecule has 0 spiro atoms. The maximum absolute atomic E-state index is 12.2. The molecule has 1 aliphatic heterocycles. The summed E-state index contributed by atoms with van der Waals surface area (Å²) >= 11 is 0. The van der Waals surface area contributed by atoms with Gasteiger partial charge < -0.3 is 18.9 Å². The number of carbonyl (C=O) groups is 1. The molecule has 4 rings (SSSR count). The highest BCUT2D eigenvalue weighted by molar-refractivity contribution is 5.89. The maximum atomic E-state index is 12.2. The molecular formula is C27H28N2O5. The monoisotopic (exact) mass is 460 g/mol. The first kappa shape index (κ1) is 23.6. The van der Waals surface area contributed by atoms with Crippen molar-refractivity contribution in [2.45, 2.75) is 31.8 Å². The molecule has 1 aliphatic rings. The zero-order valence-electron chi connectivity index (χ0n) is 18.9. The highest BCUT2D eigenvalue weighted by Crippen LogP contribution is 2.28. The molecule has 0 radical (unpaired) electrons. The fourth-order valence-corrected chi connectivity index (χ4v) is 3.73. The van der Waals surface area contributed by atoms with Gasteiger partial charge in [0, 0.05) is 6.42 Å². The third-order valence-electron chi connectivity index (χ3n) is 5.52. The second kappa shape index (κ2) is 12.1. The van der Waals surface area contributed by atoms with Crippen LogP contribution < -0.4 is 4.74 Å². The minimum atomic E-state index is -0.367. The summed E-state index contributed by atoms with van der Waals surface area (Å²) in [4.78, 5) is 12.2. The number of carbonyl (C=O) groups excluding carboxylic acids is 1. The van der Waals surface area contributed by atoms with Gasteiger partial charge >= 0.3 is 5.97 Å². The Bertz CT molecular complexity index is 1070. The van der Waals surface area contributed by atoms with E-state index in [4.69, 9.17) is 24.5 Å². The van der Waals surface area contributed by atoms with Crippen LogP contribution in [0.4, 0.5) is 0 Å². The van der Waals surface area contributed by atoms with Gasteiger partial charge in [-0.2, -0.15) is 5.11 Å². The number of rotatable bonds is 11. The van der Waals surface area contributed by atoms with Crippen LogP contribution >= 0.6 is 0 Å². The molecule has 1 saturated heterocycles. The molecular weight excluding hydrogens is 432 g/mol. The third-order valence-corrected chi connectivity index (χ3v) is 5.52. The fraction of sp³-hybridized carbons (Fsp3) is 0.296. The van der Waals surface area contributed by atoms with Crippen molar-refractivity contribution in [3.8, 4) is 5.75 Å². The molecule has 7 heteroatoms. The topological polar surface area (TPSA) is 90.2 Å². The van der Waals surface area contributed by atoms with E-state index < -0.39 is 0 Å². The van der Waals surface area contributed by atoms with Crippen LogP contribution in [0.25, 0.3) is 0 Å². The number of hydrogen-bond donors (Lipinski definition) is 1.